The molecule has 0 spiro atoms. The predicted octanol–water partition coefficient (Wildman–Crippen LogP) is 3.18. The fraction of sp³-hybridized carbons (Fsp3) is 0.438. The van der Waals surface area contributed by atoms with Gasteiger partial charge in [0, 0.05) is 18.3 Å². The maximum atomic E-state index is 13.6. The van der Waals surface area contributed by atoms with Crippen LogP contribution in [-0.4, -0.2) is 9.78 Å². The van der Waals surface area contributed by atoms with Gasteiger partial charge in [0.2, 0.25) is 0 Å². The Labute approximate surface area is 123 Å². The normalized spacial score (nSPS) is 15.5. The molecule has 0 atom stereocenters. The molecule has 0 radical (unpaired) electrons. The standard InChI is InChI=1S/C16H20FN3O/c17-15-6-3-7-16(14(15)10-18)21-11-12-8-9-20(19-12)13-4-1-2-5-13/h3,6-9,13H,1-2,4-5,10-11,18H2. The first-order chi connectivity index (χ1) is 10.3. The van der Waals surface area contributed by atoms with Crippen molar-refractivity contribution < 1.29 is 9.13 Å². The summed E-state index contributed by atoms with van der Waals surface area (Å²) in [6, 6.07) is 7.23. The molecule has 1 heterocycles. The largest absolute Gasteiger partial charge is 0.487 e. The maximum Gasteiger partial charge on any atom is 0.132 e. The monoisotopic (exact) mass is 289 g/mol. The Hall–Kier alpha value is -1.88. The minimum absolute atomic E-state index is 0.124. The number of rotatable bonds is 5. The van der Waals surface area contributed by atoms with Gasteiger partial charge in [-0.25, -0.2) is 4.39 Å². The maximum absolute atomic E-state index is 13.6. The van der Waals surface area contributed by atoms with Crippen molar-refractivity contribution in [2.75, 3.05) is 0 Å². The summed E-state index contributed by atoms with van der Waals surface area (Å²) in [5, 5.41) is 4.55. The highest BCUT2D eigenvalue weighted by atomic mass is 19.1. The van der Waals surface area contributed by atoms with Gasteiger partial charge in [-0.3, -0.25) is 4.68 Å². The smallest absolute Gasteiger partial charge is 0.132 e. The Bertz CT molecular complexity index is 605. The first-order valence-electron chi connectivity index (χ1n) is 7.42. The van der Waals surface area contributed by atoms with E-state index in [-0.39, 0.29) is 12.4 Å². The van der Waals surface area contributed by atoms with E-state index in [1.165, 1.54) is 31.7 Å². The Morgan fingerprint density at radius 2 is 2.10 bits per heavy atom. The first-order valence-corrected chi connectivity index (χ1v) is 7.42. The lowest BCUT2D eigenvalue weighted by Gasteiger charge is -2.11. The molecule has 21 heavy (non-hydrogen) atoms. The predicted molar refractivity (Wildman–Crippen MR) is 78.4 cm³/mol. The molecule has 1 aromatic carbocycles. The Morgan fingerprint density at radius 3 is 2.86 bits per heavy atom. The molecule has 1 aliphatic rings. The van der Waals surface area contributed by atoms with Crippen LogP contribution < -0.4 is 10.5 Å². The fourth-order valence-electron chi connectivity index (χ4n) is 2.85. The van der Waals surface area contributed by atoms with Crippen LogP contribution in [0.15, 0.2) is 30.5 Å². The van der Waals surface area contributed by atoms with Gasteiger partial charge < -0.3 is 10.5 Å². The second-order valence-electron chi connectivity index (χ2n) is 5.43. The average molecular weight is 289 g/mol. The fourth-order valence-corrected chi connectivity index (χ4v) is 2.85. The van der Waals surface area contributed by atoms with Crippen molar-refractivity contribution in [1.29, 1.82) is 0 Å². The van der Waals surface area contributed by atoms with Gasteiger partial charge in [-0.2, -0.15) is 5.10 Å². The molecule has 0 aliphatic heterocycles. The van der Waals surface area contributed by atoms with E-state index in [4.69, 9.17) is 10.5 Å². The summed E-state index contributed by atoms with van der Waals surface area (Å²) in [7, 11) is 0. The van der Waals surface area contributed by atoms with E-state index >= 15 is 0 Å². The number of hydrogen-bond donors (Lipinski definition) is 1. The van der Waals surface area contributed by atoms with Crippen LogP contribution in [0.5, 0.6) is 5.75 Å². The second kappa shape index (κ2) is 6.26. The summed E-state index contributed by atoms with van der Waals surface area (Å²) in [6.45, 7) is 0.453. The van der Waals surface area contributed by atoms with Crippen LogP contribution in [0, 0.1) is 5.82 Å². The van der Waals surface area contributed by atoms with Crippen LogP contribution in [0.1, 0.15) is 43.0 Å². The quantitative estimate of drug-likeness (QED) is 0.919. The van der Waals surface area contributed by atoms with Gasteiger partial charge in [0.15, 0.2) is 0 Å². The molecule has 112 valence electrons. The molecule has 0 saturated heterocycles. The first kappa shape index (κ1) is 14.1. The number of aromatic nitrogens is 2. The van der Waals surface area contributed by atoms with Crippen molar-refractivity contribution in [2.24, 2.45) is 5.73 Å². The molecule has 3 rings (SSSR count). The van der Waals surface area contributed by atoms with E-state index in [0.29, 0.717) is 24.0 Å². The number of nitrogens with zero attached hydrogens (tertiary/aromatic N) is 2. The van der Waals surface area contributed by atoms with Gasteiger partial charge in [0.05, 0.1) is 11.7 Å². The topological polar surface area (TPSA) is 53.1 Å². The number of halogens is 1. The van der Waals surface area contributed by atoms with Crippen LogP contribution in [0.4, 0.5) is 4.39 Å². The summed E-state index contributed by atoms with van der Waals surface area (Å²) < 4.78 is 21.3. The molecule has 5 heteroatoms. The van der Waals surface area contributed by atoms with E-state index in [2.05, 4.69) is 5.10 Å². The Kier molecular flexibility index (Phi) is 4.20. The van der Waals surface area contributed by atoms with Crippen LogP contribution >= 0.6 is 0 Å². The van der Waals surface area contributed by atoms with Gasteiger partial charge in [-0.15, -0.1) is 0 Å². The van der Waals surface area contributed by atoms with E-state index in [1.807, 2.05) is 16.9 Å². The Morgan fingerprint density at radius 1 is 1.29 bits per heavy atom. The SMILES string of the molecule is NCc1c(F)cccc1OCc1ccn(C2CCCC2)n1. The van der Waals surface area contributed by atoms with Gasteiger partial charge in [0.1, 0.15) is 18.2 Å². The third-order valence-corrected chi connectivity index (χ3v) is 4.02. The van der Waals surface area contributed by atoms with Crippen LogP contribution in [-0.2, 0) is 13.2 Å². The van der Waals surface area contributed by atoms with E-state index in [0.717, 1.165) is 5.69 Å². The van der Waals surface area contributed by atoms with Gasteiger partial charge in [0.25, 0.3) is 0 Å². The van der Waals surface area contributed by atoms with E-state index in [9.17, 15) is 4.39 Å². The molecule has 2 N–H and O–H groups in total. The van der Waals surface area contributed by atoms with Crippen LogP contribution in [0.2, 0.25) is 0 Å². The van der Waals surface area contributed by atoms with Crippen molar-refractivity contribution in [3.8, 4) is 5.75 Å². The highest BCUT2D eigenvalue weighted by Crippen LogP contribution is 2.29. The highest BCUT2D eigenvalue weighted by Gasteiger charge is 2.17. The van der Waals surface area contributed by atoms with Crippen LogP contribution in [0.25, 0.3) is 0 Å². The molecule has 2 aromatic rings. The minimum Gasteiger partial charge on any atom is -0.487 e. The number of hydrogen-bond acceptors (Lipinski definition) is 3. The summed E-state index contributed by atoms with van der Waals surface area (Å²) in [4.78, 5) is 0. The van der Waals surface area contributed by atoms with Gasteiger partial charge in [-0.05, 0) is 31.0 Å². The molecule has 0 unspecified atom stereocenters. The molecule has 1 aromatic heterocycles. The highest BCUT2D eigenvalue weighted by molar-refractivity contribution is 5.34. The molecule has 0 bridgehead atoms. The van der Waals surface area contributed by atoms with E-state index in [1.54, 1.807) is 12.1 Å². The van der Waals surface area contributed by atoms with Gasteiger partial charge >= 0.3 is 0 Å². The van der Waals surface area contributed by atoms with Gasteiger partial charge in [-0.1, -0.05) is 18.9 Å². The third-order valence-electron chi connectivity index (χ3n) is 4.02. The Balaban J connectivity index is 1.66. The molecular formula is C16H20FN3O. The molecule has 1 aliphatic carbocycles. The molecular weight excluding hydrogens is 269 g/mol. The van der Waals surface area contributed by atoms with Crippen molar-refractivity contribution >= 4 is 0 Å². The van der Waals surface area contributed by atoms with Crippen molar-refractivity contribution in [3.05, 3.63) is 47.5 Å². The average Bonchev–Trinajstić information content (AvgIpc) is 3.16. The van der Waals surface area contributed by atoms with Crippen molar-refractivity contribution in [2.45, 2.75) is 44.9 Å². The summed E-state index contributed by atoms with van der Waals surface area (Å²) in [6.07, 6.45) is 6.95. The van der Waals surface area contributed by atoms with Crippen molar-refractivity contribution in [3.63, 3.8) is 0 Å². The lowest BCUT2D eigenvalue weighted by atomic mass is 10.2. The summed E-state index contributed by atoms with van der Waals surface area (Å²) in [5.41, 5.74) is 6.83. The zero-order valence-corrected chi connectivity index (χ0v) is 12.0. The zero-order valence-electron chi connectivity index (χ0n) is 12.0. The number of ether oxygens (including phenoxy) is 1. The number of benzene rings is 1. The lowest BCUT2D eigenvalue weighted by Crippen LogP contribution is -2.08. The minimum atomic E-state index is -0.327. The molecule has 0 amide bonds. The second-order valence-corrected chi connectivity index (χ2v) is 5.43. The lowest BCUT2D eigenvalue weighted by molar-refractivity contribution is 0.293. The molecule has 4 nitrogen and oxygen atoms in total. The zero-order chi connectivity index (χ0) is 14.7. The third kappa shape index (κ3) is 3.08. The molecule has 1 fully saturated rings. The number of nitrogens with two attached hydrogens (primary N) is 1. The summed E-state index contributed by atoms with van der Waals surface area (Å²) >= 11 is 0. The van der Waals surface area contributed by atoms with E-state index < -0.39 is 0 Å². The summed E-state index contributed by atoms with van der Waals surface area (Å²) in [5.74, 6) is 0.166. The van der Waals surface area contributed by atoms with Crippen LogP contribution in [0.3, 0.4) is 0 Å². The van der Waals surface area contributed by atoms with Crippen molar-refractivity contribution in [1.82, 2.24) is 9.78 Å². The molecule has 1 saturated carbocycles.